The van der Waals surface area contributed by atoms with Crippen molar-refractivity contribution in [2.24, 2.45) is 13.0 Å². The Bertz CT molecular complexity index is 738. The van der Waals surface area contributed by atoms with E-state index in [0.717, 1.165) is 50.2 Å². The summed E-state index contributed by atoms with van der Waals surface area (Å²) in [6.07, 6.45) is -2.60. The van der Waals surface area contributed by atoms with E-state index in [1.54, 1.807) is 0 Å². The van der Waals surface area contributed by atoms with Crippen LogP contribution in [0.4, 0.5) is 13.2 Å². The predicted molar refractivity (Wildman–Crippen MR) is 88.5 cm³/mol. The molecule has 2 aromatic rings. The predicted octanol–water partition coefficient (Wildman–Crippen LogP) is 2.83. The van der Waals surface area contributed by atoms with E-state index >= 15 is 0 Å². The number of ether oxygens (including phenoxy) is 1. The summed E-state index contributed by atoms with van der Waals surface area (Å²) < 4.78 is 45.5. The summed E-state index contributed by atoms with van der Waals surface area (Å²) in [5, 5.41) is 8.24. The largest absolute Gasteiger partial charge is 0.477 e. The van der Waals surface area contributed by atoms with Crippen LogP contribution in [0, 0.1) is 12.8 Å². The number of piperidine rings is 1. The molecule has 0 saturated carbocycles. The van der Waals surface area contributed by atoms with Crippen molar-refractivity contribution in [1.82, 2.24) is 24.6 Å². The number of alkyl halides is 3. The standard InChI is InChI=1S/C17H22F3N5O/c1-12-22-23-15(24(12)2)10-25-8-6-13(7-9-25)11-26-16-5-3-4-14(21-16)17(18,19)20/h3-5,13H,6-11H2,1-2H3. The van der Waals surface area contributed by atoms with Crippen LogP contribution in [0.5, 0.6) is 5.88 Å². The van der Waals surface area contributed by atoms with Crippen molar-refractivity contribution in [1.29, 1.82) is 0 Å². The first-order valence-electron chi connectivity index (χ1n) is 8.57. The second-order valence-electron chi connectivity index (χ2n) is 6.61. The summed E-state index contributed by atoms with van der Waals surface area (Å²) in [4.78, 5) is 5.84. The van der Waals surface area contributed by atoms with E-state index in [9.17, 15) is 13.2 Å². The van der Waals surface area contributed by atoms with E-state index < -0.39 is 11.9 Å². The number of aryl methyl sites for hydroxylation is 1. The Kier molecular flexibility index (Phi) is 5.45. The van der Waals surface area contributed by atoms with Crippen LogP contribution >= 0.6 is 0 Å². The van der Waals surface area contributed by atoms with Crippen LogP contribution in [0.15, 0.2) is 18.2 Å². The van der Waals surface area contributed by atoms with Crippen LogP contribution in [0.1, 0.15) is 30.2 Å². The average molecular weight is 369 g/mol. The Balaban J connectivity index is 1.46. The van der Waals surface area contributed by atoms with Gasteiger partial charge in [0.2, 0.25) is 5.88 Å². The SMILES string of the molecule is Cc1nnc(CN2CCC(COc3cccc(C(F)(F)F)n3)CC2)n1C. The van der Waals surface area contributed by atoms with Gasteiger partial charge in [-0.3, -0.25) is 4.90 Å². The highest BCUT2D eigenvalue weighted by molar-refractivity contribution is 5.17. The van der Waals surface area contributed by atoms with Crippen LogP contribution in [0.3, 0.4) is 0 Å². The van der Waals surface area contributed by atoms with Gasteiger partial charge in [0.05, 0.1) is 13.2 Å². The molecular formula is C17H22F3N5O. The summed E-state index contributed by atoms with van der Waals surface area (Å²) in [6.45, 7) is 4.85. The maximum Gasteiger partial charge on any atom is 0.433 e. The highest BCUT2D eigenvalue weighted by atomic mass is 19.4. The molecular weight excluding hydrogens is 347 g/mol. The highest BCUT2D eigenvalue weighted by Crippen LogP contribution is 2.29. The molecule has 0 unspecified atom stereocenters. The Morgan fingerprint density at radius 2 is 1.92 bits per heavy atom. The lowest BCUT2D eigenvalue weighted by molar-refractivity contribution is -0.141. The summed E-state index contributed by atoms with van der Waals surface area (Å²) in [5.41, 5.74) is -0.927. The number of pyridine rings is 1. The number of halogens is 3. The number of rotatable bonds is 5. The molecule has 3 rings (SSSR count). The zero-order valence-electron chi connectivity index (χ0n) is 14.8. The molecule has 3 heterocycles. The Labute approximate surface area is 150 Å². The minimum absolute atomic E-state index is 0.0248. The van der Waals surface area contributed by atoms with Gasteiger partial charge >= 0.3 is 6.18 Å². The van der Waals surface area contributed by atoms with E-state index in [1.807, 2.05) is 18.5 Å². The normalized spacial score (nSPS) is 16.8. The summed E-state index contributed by atoms with van der Waals surface area (Å²) in [7, 11) is 1.95. The van der Waals surface area contributed by atoms with Gasteiger partial charge < -0.3 is 9.30 Å². The van der Waals surface area contributed by atoms with Gasteiger partial charge in [0, 0.05) is 13.1 Å². The molecule has 2 aromatic heterocycles. The van der Waals surface area contributed by atoms with Crippen LogP contribution in [0.2, 0.25) is 0 Å². The third kappa shape index (κ3) is 4.51. The Morgan fingerprint density at radius 1 is 1.19 bits per heavy atom. The smallest absolute Gasteiger partial charge is 0.433 e. The van der Waals surface area contributed by atoms with Crippen LogP contribution in [-0.4, -0.2) is 44.3 Å². The van der Waals surface area contributed by atoms with Gasteiger partial charge in [-0.15, -0.1) is 10.2 Å². The molecule has 142 valence electrons. The molecule has 1 aliphatic heterocycles. The molecule has 6 nitrogen and oxygen atoms in total. The fourth-order valence-electron chi connectivity index (χ4n) is 2.96. The Hall–Kier alpha value is -2.16. The zero-order valence-corrected chi connectivity index (χ0v) is 14.8. The molecule has 0 bridgehead atoms. The fraction of sp³-hybridized carbons (Fsp3) is 0.588. The van der Waals surface area contributed by atoms with Crippen molar-refractivity contribution < 1.29 is 17.9 Å². The molecule has 1 aliphatic rings. The lowest BCUT2D eigenvalue weighted by atomic mass is 9.98. The summed E-state index contributed by atoms with van der Waals surface area (Å²) in [6, 6.07) is 3.72. The molecule has 0 radical (unpaired) electrons. The van der Waals surface area contributed by atoms with Crippen molar-refractivity contribution in [2.75, 3.05) is 19.7 Å². The number of nitrogens with zero attached hydrogens (tertiary/aromatic N) is 5. The van der Waals surface area contributed by atoms with Crippen LogP contribution in [0.25, 0.3) is 0 Å². The van der Waals surface area contributed by atoms with Gasteiger partial charge in [0.25, 0.3) is 0 Å². The van der Waals surface area contributed by atoms with Crippen LogP contribution < -0.4 is 4.74 Å². The van der Waals surface area contributed by atoms with Gasteiger partial charge in [0.15, 0.2) is 0 Å². The van der Waals surface area contributed by atoms with Gasteiger partial charge in [-0.25, -0.2) is 4.98 Å². The van der Waals surface area contributed by atoms with E-state index in [-0.39, 0.29) is 5.88 Å². The minimum atomic E-state index is -4.46. The van der Waals surface area contributed by atoms with E-state index in [4.69, 9.17) is 4.74 Å². The average Bonchev–Trinajstić information content (AvgIpc) is 2.93. The van der Waals surface area contributed by atoms with Gasteiger partial charge in [-0.2, -0.15) is 13.2 Å². The molecule has 0 amide bonds. The van der Waals surface area contributed by atoms with Gasteiger partial charge in [0.1, 0.15) is 17.3 Å². The topological polar surface area (TPSA) is 56.1 Å². The second kappa shape index (κ2) is 7.61. The number of hydrogen-bond donors (Lipinski definition) is 0. The van der Waals surface area contributed by atoms with Crippen molar-refractivity contribution >= 4 is 0 Å². The summed E-state index contributed by atoms with van der Waals surface area (Å²) >= 11 is 0. The Morgan fingerprint density at radius 3 is 2.54 bits per heavy atom. The van der Waals surface area contributed by atoms with Crippen molar-refractivity contribution in [3.05, 3.63) is 35.5 Å². The molecule has 1 saturated heterocycles. The van der Waals surface area contributed by atoms with Crippen molar-refractivity contribution in [2.45, 2.75) is 32.5 Å². The molecule has 0 atom stereocenters. The number of likely N-dealkylation sites (tertiary alicyclic amines) is 1. The monoisotopic (exact) mass is 369 g/mol. The third-order valence-electron chi connectivity index (χ3n) is 4.74. The first-order chi connectivity index (χ1) is 12.3. The lowest BCUT2D eigenvalue weighted by Gasteiger charge is -2.31. The van der Waals surface area contributed by atoms with E-state index in [2.05, 4.69) is 20.1 Å². The maximum atomic E-state index is 12.7. The highest BCUT2D eigenvalue weighted by Gasteiger charge is 2.32. The van der Waals surface area contributed by atoms with Crippen molar-refractivity contribution in [3.63, 3.8) is 0 Å². The van der Waals surface area contributed by atoms with E-state index in [1.165, 1.54) is 12.1 Å². The molecule has 26 heavy (non-hydrogen) atoms. The van der Waals surface area contributed by atoms with Gasteiger partial charge in [-0.1, -0.05) is 6.07 Å². The van der Waals surface area contributed by atoms with Crippen molar-refractivity contribution in [3.8, 4) is 5.88 Å². The molecule has 0 N–H and O–H groups in total. The maximum absolute atomic E-state index is 12.7. The minimum Gasteiger partial charge on any atom is -0.477 e. The van der Waals surface area contributed by atoms with Crippen LogP contribution in [-0.2, 0) is 19.8 Å². The fourth-order valence-corrected chi connectivity index (χ4v) is 2.96. The molecule has 0 aromatic carbocycles. The number of hydrogen-bond acceptors (Lipinski definition) is 5. The first kappa shape index (κ1) is 18.6. The third-order valence-corrected chi connectivity index (χ3v) is 4.74. The molecule has 0 aliphatic carbocycles. The lowest BCUT2D eigenvalue weighted by Crippen LogP contribution is -2.35. The van der Waals surface area contributed by atoms with E-state index in [0.29, 0.717) is 12.5 Å². The first-order valence-corrected chi connectivity index (χ1v) is 8.57. The quantitative estimate of drug-likeness (QED) is 0.811. The molecule has 0 spiro atoms. The second-order valence-corrected chi connectivity index (χ2v) is 6.61. The molecule has 9 heteroatoms. The molecule has 1 fully saturated rings. The van der Waals surface area contributed by atoms with Gasteiger partial charge in [-0.05, 0) is 44.8 Å². The zero-order chi connectivity index (χ0) is 18.7. The summed E-state index contributed by atoms with van der Waals surface area (Å²) in [5.74, 6) is 2.16. The number of aromatic nitrogens is 4.